The molecule has 0 aliphatic rings. The van der Waals surface area contributed by atoms with Gasteiger partial charge in [0.15, 0.2) is 15.5 Å². The minimum Gasteiger partial charge on any atom is -0.294 e. The minimum atomic E-state index is -3.48. The molecule has 0 aliphatic carbocycles. The number of nitrogens with zero attached hydrogens (tertiary/aromatic N) is 4. The molecule has 132 valence electrons. The van der Waals surface area contributed by atoms with Crippen molar-refractivity contribution in [1.82, 2.24) is 14.5 Å². The molecule has 0 radical (unpaired) electrons. The Morgan fingerprint density at radius 3 is 2.73 bits per heavy atom. The number of rotatable bonds is 4. The molecular formula is C17H13ClN4O3S. The Labute approximate surface area is 154 Å². The number of pyridine rings is 1. The summed E-state index contributed by atoms with van der Waals surface area (Å²) in [5, 5.41) is 9.53. The summed E-state index contributed by atoms with van der Waals surface area (Å²) in [6.45, 7) is 1.53. The predicted molar refractivity (Wildman–Crippen MR) is 96.8 cm³/mol. The molecule has 26 heavy (non-hydrogen) atoms. The van der Waals surface area contributed by atoms with Gasteiger partial charge in [-0.05, 0) is 29.8 Å². The van der Waals surface area contributed by atoms with Gasteiger partial charge in [0.1, 0.15) is 12.4 Å². The van der Waals surface area contributed by atoms with Crippen LogP contribution >= 0.6 is 11.6 Å². The van der Waals surface area contributed by atoms with Gasteiger partial charge in [0.05, 0.1) is 28.1 Å². The molecular weight excluding hydrogens is 376 g/mol. The average molecular weight is 389 g/mol. The van der Waals surface area contributed by atoms with Gasteiger partial charge in [-0.1, -0.05) is 18.5 Å². The number of hydrogen-bond acceptors (Lipinski definition) is 6. The zero-order valence-corrected chi connectivity index (χ0v) is 15.3. The van der Waals surface area contributed by atoms with Gasteiger partial charge in [-0.2, -0.15) is 5.26 Å². The molecule has 0 amide bonds. The lowest BCUT2D eigenvalue weighted by Gasteiger charge is -2.12. The van der Waals surface area contributed by atoms with Gasteiger partial charge < -0.3 is 0 Å². The predicted octanol–water partition coefficient (Wildman–Crippen LogP) is 2.16. The third-order valence-corrected chi connectivity index (χ3v) is 5.95. The van der Waals surface area contributed by atoms with Crippen LogP contribution in [0.4, 0.5) is 0 Å². The monoisotopic (exact) mass is 388 g/mol. The number of halogens is 1. The number of fused-ring (bicyclic) bond motifs is 1. The maximum absolute atomic E-state index is 12.7. The van der Waals surface area contributed by atoms with Gasteiger partial charge >= 0.3 is 0 Å². The zero-order chi connectivity index (χ0) is 18.9. The number of hydrogen-bond donors (Lipinski definition) is 0. The van der Waals surface area contributed by atoms with E-state index in [1.54, 1.807) is 6.92 Å². The highest BCUT2D eigenvalue weighted by Gasteiger charge is 2.18. The van der Waals surface area contributed by atoms with Crippen molar-refractivity contribution in [2.24, 2.45) is 0 Å². The van der Waals surface area contributed by atoms with Crippen LogP contribution in [0.15, 0.2) is 46.5 Å². The number of sulfone groups is 1. The zero-order valence-electron chi connectivity index (χ0n) is 13.7. The van der Waals surface area contributed by atoms with Crippen molar-refractivity contribution in [2.45, 2.75) is 18.4 Å². The van der Waals surface area contributed by atoms with E-state index in [-0.39, 0.29) is 33.8 Å². The Kier molecular flexibility index (Phi) is 4.76. The lowest BCUT2D eigenvalue weighted by molar-refractivity contribution is 0.595. The first-order valence-corrected chi connectivity index (χ1v) is 9.65. The van der Waals surface area contributed by atoms with Crippen molar-refractivity contribution in [3.8, 4) is 6.07 Å². The summed E-state index contributed by atoms with van der Waals surface area (Å²) in [6.07, 6.45) is 2.63. The molecule has 0 fully saturated rings. The van der Waals surface area contributed by atoms with Crippen molar-refractivity contribution >= 4 is 32.5 Å². The van der Waals surface area contributed by atoms with Gasteiger partial charge in [0, 0.05) is 11.2 Å². The highest BCUT2D eigenvalue weighted by Crippen LogP contribution is 2.22. The molecule has 0 spiro atoms. The van der Waals surface area contributed by atoms with Crippen LogP contribution in [0.1, 0.15) is 18.1 Å². The van der Waals surface area contributed by atoms with E-state index in [1.165, 1.54) is 41.4 Å². The van der Waals surface area contributed by atoms with E-state index in [2.05, 4.69) is 9.97 Å². The Morgan fingerprint density at radius 2 is 2.04 bits per heavy atom. The third-order valence-electron chi connectivity index (χ3n) is 3.88. The van der Waals surface area contributed by atoms with E-state index in [0.29, 0.717) is 10.6 Å². The van der Waals surface area contributed by atoms with Crippen LogP contribution in [0.5, 0.6) is 0 Å². The molecule has 9 heteroatoms. The number of nitriles is 1. The molecule has 3 aromatic rings. The first kappa shape index (κ1) is 18.0. The van der Waals surface area contributed by atoms with E-state index >= 15 is 0 Å². The van der Waals surface area contributed by atoms with Crippen molar-refractivity contribution in [3.05, 3.63) is 63.3 Å². The van der Waals surface area contributed by atoms with Crippen LogP contribution in [0.2, 0.25) is 5.02 Å². The summed E-state index contributed by atoms with van der Waals surface area (Å²) >= 11 is 6.01. The summed E-state index contributed by atoms with van der Waals surface area (Å²) in [5.41, 5.74) is 0.440. The fourth-order valence-electron chi connectivity index (χ4n) is 2.54. The topological polar surface area (TPSA) is 106 Å². The molecule has 0 saturated heterocycles. The third kappa shape index (κ3) is 3.31. The van der Waals surface area contributed by atoms with Crippen LogP contribution in [0.25, 0.3) is 11.0 Å². The minimum absolute atomic E-state index is 0.0202. The van der Waals surface area contributed by atoms with E-state index in [9.17, 15) is 13.2 Å². The summed E-state index contributed by atoms with van der Waals surface area (Å²) in [7, 11) is -3.48. The molecule has 2 heterocycles. The van der Waals surface area contributed by atoms with E-state index in [1.807, 2.05) is 6.07 Å². The Hall–Kier alpha value is -2.76. The molecule has 0 unspecified atom stereocenters. The number of benzene rings is 1. The smallest absolute Gasteiger partial charge is 0.263 e. The second-order valence-electron chi connectivity index (χ2n) is 5.54. The SMILES string of the molecule is CCS(=O)(=O)c1ccc(Cl)cc1Cn1cnc2ncc(C#N)cc2c1=O. The van der Waals surface area contributed by atoms with Crippen molar-refractivity contribution in [2.75, 3.05) is 5.75 Å². The normalized spacial score (nSPS) is 11.4. The Morgan fingerprint density at radius 1 is 1.27 bits per heavy atom. The summed E-state index contributed by atoms with van der Waals surface area (Å²) in [6, 6.07) is 7.79. The van der Waals surface area contributed by atoms with Gasteiger partial charge in [-0.25, -0.2) is 18.4 Å². The summed E-state index contributed by atoms with van der Waals surface area (Å²) < 4.78 is 25.9. The van der Waals surface area contributed by atoms with Gasteiger partial charge in [0.25, 0.3) is 5.56 Å². The van der Waals surface area contributed by atoms with E-state index < -0.39 is 15.4 Å². The first-order chi connectivity index (χ1) is 12.4. The molecule has 1 aromatic carbocycles. The lowest BCUT2D eigenvalue weighted by Crippen LogP contribution is -2.22. The van der Waals surface area contributed by atoms with Crippen LogP contribution in [-0.4, -0.2) is 28.7 Å². The largest absolute Gasteiger partial charge is 0.294 e. The fourth-order valence-corrected chi connectivity index (χ4v) is 3.84. The van der Waals surface area contributed by atoms with Gasteiger partial charge in [-0.3, -0.25) is 9.36 Å². The summed E-state index contributed by atoms with van der Waals surface area (Å²) in [5.74, 6) is -0.0675. The fraction of sp³-hybridized carbons (Fsp3) is 0.176. The highest BCUT2D eigenvalue weighted by molar-refractivity contribution is 7.91. The first-order valence-electron chi connectivity index (χ1n) is 7.62. The van der Waals surface area contributed by atoms with Crippen LogP contribution in [0.3, 0.4) is 0 Å². The molecule has 0 aliphatic heterocycles. The second-order valence-corrected chi connectivity index (χ2v) is 8.22. The Balaban J connectivity index is 2.16. The maximum Gasteiger partial charge on any atom is 0.263 e. The molecule has 0 saturated carbocycles. The average Bonchev–Trinajstić information content (AvgIpc) is 2.63. The van der Waals surface area contributed by atoms with Gasteiger partial charge in [0.2, 0.25) is 0 Å². The molecule has 2 aromatic heterocycles. The van der Waals surface area contributed by atoms with Crippen LogP contribution in [-0.2, 0) is 16.4 Å². The molecule has 7 nitrogen and oxygen atoms in total. The lowest BCUT2D eigenvalue weighted by atomic mass is 10.2. The second kappa shape index (κ2) is 6.86. The van der Waals surface area contributed by atoms with Crippen molar-refractivity contribution < 1.29 is 8.42 Å². The molecule has 0 N–H and O–H groups in total. The highest BCUT2D eigenvalue weighted by atomic mass is 35.5. The maximum atomic E-state index is 12.7. The van der Waals surface area contributed by atoms with Gasteiger partial charge in [-0.15, -0.1) is 0 Å². The Bertz CT molecular complexity index is 1210. The van der Waals surface area contributed by atoms with Crippen molar-refractivity contribution in [3.63, 3.8) is 0 Å². The number of aromatic nitrogens is 3. The quantitative estimate of drug-likeness (QED) is 0.678. The van der Waals surface area contributed by atoms with E-state index in [4.69, 9.17) is 16.9 Å². The van der Waals surface area contributed by atoms with Crippen LogP contribution in [0, 0.1) is 11.3 Å². The molecule has 0 atom stereocenters. The van der Waals surface area contributed by atoms with E-state index in [0.717, 1.165) is 0 Å². The van der Waals surface area contributed by atoms with Crippen molar-refractivity contribution in [1.29, 1.82) is 5.26 Å². The standard InChI is InChI=1S/C17H13ClN4O3S/c1-2-26(24,25)15-4-3-13(18)6-12(15)9-22-10-21-16-14(17(22)23)5-11(7-19)8-20-16/h3-6,8,10H,2,9H2,1H3. The molecule has 0 bridgehead atoms. The van der Waals surface area contributed by atoms with Crippen LogP contribution < -0.4 is 5.56 Å². The summed E-state index contributed by atoms with van der Waals surface area (Å²) in [4.78, 5) is 20.9. The molecule has 3 rings (SSSR count).